The Bertz CT molecular complexity index is 580. The molecule has 0 aliphatic rings. The Labute approximate surface area is 120 Å². The number of carbonyl (C=O) groups is 1. The van der Waals surface area contributed by atoms with Crippen LogP contribution in [0.5, 0.6) is 0 Å². The molecule has 2 N–H and O–H groups in total. The van der Waals surface area contributed by atoms with Gasteiger partial charge in [0.25, 0.3) is 0 Å². The van der Waals surface area contributed by atoms with Gasteiger partial charge in [-0.3, -0.25) is 4.21 Å². The molecule has 20 heavy (non-hydrogen) atoms. The fourth-order valence-electron chi connectivity index (χ4n) is 1.52. The highest BCUT2D eigenvalue weighted by Crippen LogP contribution is 2.08. The fraction of sp³-hybridized carbons (Fsp3) is 0.417. The zero-order chi connectivity index (χ0) is 15.2. The van der Waals surface area contributed by atoms with Crippen molar-refractivity contribution in [3.05, 3.63) is 35.4 Å². The van der Waals surface area contributed by atoms with Crippen LogP contribution in [0.4, 0.5) is 0 Å². The van der Waals surface area contributed by atoms with Gasteiger partial charge < -0.3 is 5.11 Å². The summed E-state index contributed by atoms with van der Waals surface area (Å²) in [7, 11) is -4.39. The van der Waals surface area contributed by atoms with E-state index in [4.69, 9.17) is 5.11 Å². The number of sulfonamides is 1. The average molecular weight is 319 g/mol. The molecule has 0 aliphatic carbocycles. The lowest BCUT2D eigenvalue weighted by Gasteiger charge is -2.06. The van der Waals surface area contributed by atoms with Gasteiger partial charge >= 0.3 is 5.97 Å². The molecule has 6 nitrogen and oxygen atoms in total. The van der Waals surface area contributed by atoms with E-state index in [-0.39, 0.29) is 17.9 Å². The van der Waals surface area contributed by atoms with E-state index in [1.54, 1.807) is 6.26 Å². The predicted molar refractivity (Wildman–Crippen MR) is 77.6 cm³/mol. The van der Waals surface area contributed by atoms with Gasteiger partial charge in [-0.15, -0.1) is 0 Å². The maximum atomic E-state index is 11.8. The normalized spacial score (nSPS) is 13.1. The summed E-state index contributed by atoms with van der Waals surface area (Å²) >= 11 is 0. The third kappa shape index (κ3) is 6.27. The van der Waals surface area contributed by atoms with Crippen LogP contribution in [0.3, 0.4) is 0 Å². The number of nitrogens with one attached hydrogen (secondary N) is 1. The van der Waals surface area contributed by atoms with Gasteiger partial charge in [0.05, 0.1) is 11.3 Å². The molecule has 112 valence electrons. The van der Waals surface area contributed by atoms with Crippen LogP contribution >= 0.6 is 0 Å². The number of benzene rings is 1. The first-order valence-corrected chi connectivity index (χ1v) is 9.28. The summed E-state index contributed by atoms with van der Waals surface area (Å²) < 4.78 is 36.8. The molecule has 0 spiro atoms. The molecular formula is C12H17NO5S2. The monoisotopic (exact) mass is 319 g/mol. The van der Waals surface area contributed by atoms with E-state index in [2.05, 4.69) is 4.72 Å². The van der Waals surface area contributed by atoms with E-state index in [0.29, 0.717) is 17.7 Å². The van der Waals surface area contributed by atoms with Crippen LogP contribution in [0, 0.1) is 0 Å². The van der Waals surface area contributed by atoms with Gasteiger partial charge in [0.2, 0.25) is 10.0 Å². The number of hydrogen-bond donors (Lipinski definition) is 2. The highest BCUT2D eigenvalue weighted by molar-refractivity contribution is 7.88. The summed E-state index contributed by atoms with van der Waals surface area (Å²) in [5.74, 6) is -0.803. The first kappa shape index (κ1) is 16.8. The van der Waals surface area contributed by atoms with Crippen molar-refractivity contribution >= 4 is 26.8 Å². The molecule has 1 atom stereocenters. The molecule has 0 bridgehead atoms. The van der Waals surface area contributed by atoms with Crippen molar-refractivity contribution in [2.24, 2.45) is 0 Å². The Morgan fingerprint density at radius 3 is 2.40 bits per heavy atom. The van der Waals surface area contributed by atoms with Gasteiger partial charge in [-0.25, -0.2) is 17.9 Å². The van der Waals surface area contributed by atoms with Crippen molar-refractivity contribution in [2.75, 3.05) is 18.6 Å². The number of hydrogen-bond acceptors (Lipinski definition) is 4. The number of rotatable bonds is 8. The van der Waals surface area contributed by atoms with Gasteiger partial charge in [0.15, 0.2) is 0 Å². The Balaban J connectivity index is 2.53. The first-order chi connectivity index (χ1) is 9.30. The van der Waals surface area contributed by atoms with Crippen molar-refractivity contribution in [3.63, 3.8) is 0 Å². The summed E-state index contributed by atoms with van der Waals surface area (Å²) in [6, 6.07) is 5.69. The van der Waals surface area contributed by atoms with Crippen LogP contribution in [-0.2, 0) is 26.6 Å². The van der Waals surface area contributed by atoms with Crippen LogP contribution in [0.25, 0.3) is 0 Å². The van der Waals surface area contributed by atoms with Gasteiger partial charge in [0.1, 0.15) is 0 Å². The summed E-state index contributed by atoms with van der Waals surface area (Å²) in [6.45, 7) is 0.245. The highest BCUT2D eigenvalue weighted by Gasteiger charge is 2.11. The Morgan fingerprint density at radius 2 is 1.90 bits per heavy atom. The number of carboxylic acid groups (broad SMARTS) is 1. The lowest BCUT2D eigenvalue weighted by atomic mass is 10.1. The molecule has 1 aromatic rings. The van der Waals surface area contributed by atoms with Gasteiger partial charge in [0, 0.05) is 29.4 Å². The molecule has 8 heteroatoms. The van der Waals surface area contributed by atoms with Crippen LogP contribution in [0.2, 0.25) is 0 Å². The van der Waals surface area contributed by atoms with Gasteiger partial charge in [-0.1, -0.05) is 12.1 Å². The van der Waals surface area contributed by atoms with E-state index in [9.17, 15) is 17.4 Å². The molecule has 0 saturated heterocycles. The van der Waals surface area contributed by atoms with Gasteiger partial charge in [-0.05, 0) is 24.1 Å². The van der Waals surface area contributed by atoms with Crippen LogP contribution < -0.4 is 4.72 Å². The molecule has 1 unspecified atom stereocenters. The first-order valence-electron chi connectivity index (χ1n) is 5.90. The minimum absolute atomic E-state index is 0.115. The average Bonchev–Trinajstić information content (AvgIpc) is 2.34. The van der Waals surface area contributed by atoms with Crippen molar-refractivity contribution in [3.8, 4) is 0 Å². The summed E-state index contributed by atoms with van der Waals surface area (Å²) in [6.07, 6.45) is 2.08. The Morgan fingerprint density at radius 1 is 1.30 bits per heavy atom. The van der Waals surface area contributed by atoms with E-state index < -0.39 is 26.8 Å². The fourth-order valence-corrected chi connectivity index (χ4v) is 3.26. The van der Waals surface area contributed by atoms with Crippen molar-refractivity contribution in [2.45, 2.75) is 12.2 Å². The maximum absolute atomic E-state index is 11.8. The van der Waals surface area contributed by atoms with E-state index >= 15 is 0 Å². The Kier molecular flexibility index (Phi) is 6.31. The van der Waals surface area contributed by atoms with E-state index in [0.717, 1.165) is 0 Å². The summed E-state index contributed by atoms with van der Waals surface area (Å²) in [5, 5.41) is 8.74. The van der Waals surface area contributed by atoms with Crippen molar-refractivity contribution < 1.29 is 22.5 Å². The largest absolute Gasteiger partial charge is 0.478 e. The third-order valence-corrected chi connectivity index (χ3v) is 4.71. The molecular weight excluding hydrogens is 302 g/mol. The molecule has 0 heterocycles. The summed E-state index contributed by atoms with van der Waals surface area (Å²) in [5.41, 5.74) is 0.631. The molecule has 1 rings (SSSR count). The van der Waals surface area contributed by atoms with Gasteiger partial charge in [-0.2, -0.15) is 0 Å². The smallest absolute Gasteiger partial charge is 0.335 e. The second-order valence-electron chi connectivity index (χ2n) is 4.29. The zero-order valence-electron chi connectivity index (χ0n) is 11.0. The Hall–Kier alpha value is -1.25. The standard InChI is InChI=1S/C12H17NO5S2/c1-19(16)8-2-7-13-20(17,18)9-10-3-5-11(6-4-10)12(14)15/h3-6,13H,2,7-9H2,1H3,(H,14,15). The van der Waals surface area contributed by atoms with Crippen LogP contribution in [0.15, 0.2) is 24.3 Å². The van der Waals surface area contributed by atoms with E-state index in [1.165, 1.54) is 24.3 Å². The molecule has 0 radical (unpaired) electrons. The lowest BCUT2D eigenvalue weighted by Crippen LogP contribution is -2.27. The molecule has 1 aromatic carbocycles. The zero-order valence-corrected chi connectivity index (χ0v) is 12.7. The molecule has 0 aliphatic heterocycles. The van der Waals surface area contributed by atoms with Crippen molar-refractivity contribution in [1.82, 2.24) is 4.72 Å². The van der Waals surface area contributed by atoms with Crippen molar-refractivity contribution in [1.29, 1.82) is 0 Å². The number of aromatic carboxylic acids is 1. The lowest BCUT2D eigenvalue weighted by molar-refractivity contribution is 0.0697. The molecule has 0 fully saturated rings. The minimum Gasteiger partial charge on any atom is -0.478 e. The predicted octanol–water partition coefficient (Wildman–Crippen LogP) is 0.573. The molecule has 0 saturated carbocycles. The topological polar surface area (TPSA) is 101 Å². The maximum Gasteiger partial charge on any atom is 0.335 e. The van der Waals surface area contributed by atoms with Crippen LogP contribution in [0.1, 0.15) is 22.3 Å². The number of carboxylic acids is 1. The van der Waals surface area contributed by atoms with Crippen LogP contribution in [-0.4, -0.2) is 42.3 Å². The molecule has 0 amide bonds. The highest BCUT2D eigenvalue weighted by atomic mass is 32.2. The van der Waals surface area contributed by atoms with E-state index in [1.807, 2.05) is 0 Å². The summed E-state index contributed by atoms with van der Waals surface area (Å²) in [4.78, 5) is 10.7. The minimum atomic E-state index is -3.46. The third-order valence-electron chi connectivity index (χ3n) is 2.49. The molecule has 0 aromatic heterocycles. The second kappa shape index (κ2) is 7.51. The quantitative estimate of drug-likeness (QED) is 0.682. The second-order valence-corrected chi connectivity index (χ2v) is 7.65. The SMILES string of the molecule is CS(=O)CCCNS(=O)(=O)Cc1ccc(C(=O)O)cc1.